The van der Waals surface area contributed by atoms with Gasteiger partial charge in [0.1, 0.15) is 11.5 Å². The normalized spacial score (nSPS) is 16.7. The molecule has 0 spiro atoms. The van der Waals surface area contributed by atoms with Gasteiger partial charge in [0.15, 0.2) is 5.96 Å². The van der Waals surface area contributed by atoms with Gasteiger partial charge in [-0.3, -0.25) is 4.99 Å². The summed E-state index contributed by atoms with van der Waals surface area (Å²) in [5, 5.41) is 16.4. The van der Waals surface area contributed by atoms with Crippen molar-refractivity contribution in [2.45, 2.75) is 25.8 Å². The Balaban J connectivity index is 1.65. The van der Waals surface area contributed by atoms with Crippen molar-refractivity contribution in [3.05, 3.63) is 59.7 Å². The Morgan fingerprint density at radius 1 is 1.24 bits per heavy atom. The zero-order chi connectivity index (χ0) is 17.5. The van der Waals surface area contributed by atoms with E-state index in [0.29, 0.717) is 18.9 Å². The number of aromatic hydroxyl groups is 1. The van der Waals surface area contributed by atoms with Gasteiger partial charge in [0, 0.05) is 25.1 Å². The van der Waals surface area contributed by atoms with E-state index < -0.39 is 0 Å². The number of hydrogen-bond acceptors (Lipinski definition) is 3. The second-order valence-corrected chi connectivity index (χ2v) is 6.05. The highest BCUT2D eigenvalue weighted by Crippen LogP contribution is 2.31. The van der Waals surface area contributed by atoms with Crippen LogP contribution in [-0.2, 0) is 6.42 Å². The molecule has 25 heavy (non-hydrogen) atoms. The predicted molar refractivity (Wildman–Crippen MR) is 100 cm³/mol. The van der Waals surface area contributed by atoms with Gasteiger partial charge in [-0.05, 0) is 37.1 Å². The summed E-state index contributed by atoms with van der Waals surface area (Å²) in [6, 6.07) is 15.7. The summed E-state index contributed by atoms with van der Waals surface area (Å²) in [7, 11) is 0. The van der Waals surface area contributed by atoms with Crippen LogP contribution in [0.25, 0.3) is 0 Å². The van der Waals surface area contributed by atoms with Gasteiger partial charge >= 0.3 is 0 Å². The van der Waals surface area contributed by atoms with E-state index in [1.54, 1.807) is 12.1 Å². The Labute approximate surface area is 148 Å². The average molecular weight is 339 g/mol. The van der Waals surface area contributed by atoms with Crippen LogP contribution < -0.4 is 15.4 Å². The largest absolute Gasteiger partial charge is 0.508 e. The number of ether oxygens (including phenoxy) is 1. The molecule has 0 saturated heterocycles. The van der Waals surface area contributed by atoms with E-state index in [2.05, 4.69) is 28.6 Å². The lowest BCUT2D eigenvalue weighted by molar-refractivity contribution is 0.261. The number of phenolic OH excluding ortho intramolecular Hbond substituents is 1. The molecule has 0 radical (unpaired) electrons. The standard InChI is InChI=1S/C20H25N3O2/c1-2-21-20(22-12-10-15-6-5-7-16(24)14-15)23-18-11-13-25-19-9-4-3-8-17(18)19/h3-9,14,18,24H,2,10-13H2,1H3,(H2,21,22,23). The first kappa shape index (κ1) is 17.1. The van der Waals surface area contributed by atoms with Gasteiger partial charge in [0.05, 0.1) is 12.6 Å². The minimum atomic E-state index is 0.198. The van der Waals surface area contributed by atoms with Crippen LogP contribution in [0.5, 0.6) is 11.5 Å². The predicted octanol–water partition coefficient (Wildman–Crippen LogP) is 3.01. The Hall–Kier alpha value is -2.69. The molecule has 0 fully saturated rings. The molecule has 3 rings (SSSR count). The average Bonchev–Trinajstić information content (AvgIpc) is 2.62. The van der Waals surface area contributed by atoms with Crippen LogP contribution in [0.2, 0.25) is 0 Å². The third-order valence-electron chi connectivity index (χ3n) is 4.19. The summed E-state index contributed by atoms with van der Waals surface area (Å²) in [5.41, 5.74) is 2.25. The van der Waals surface area contributed by atoms with Crippen LogP contribution in [0, 0.1) is 0 Å². The number of fused-ring (bicyclic) bond motifs is 1. The number of hydrogen-bond donors (Lipinski definition) is 3. The number of para-hydroxylation sites is 1. The molecule has 1 heterocycles. The maximum atomic E-state index is 9.54. The highest BCUT2D eigenvalue weighted by molar-refractivity contribution is 5.80. The van der Waals surface area contributed by atoms with Crippen LogP contribution in [-0.4, -0.2) is 30.8 Å². The van der Waals surface area contributed by atoms with Crippen LogP contribution in [0.4, 0.5) is 0 Å². The molecular weight excluding hydrogens is 314 g/mol. The molecule has 132 valence electrons. The second kappa shape index (κ2) is 8.42. The van der Waals surface area contributed by atoms with Gasteiger partial charge < -0.3 is 20.5 Å². The highest BCUT2D eigenvalue weighted by Gasteiger charge is 2.21. The van der Waals surface area contributed by atoms with E-state index >= 15 is 0 Å². The fraction of sp³-hybridized carbons (Fsp3) is 0.350. The van der Waals surface area contributed by atoms with Gasteiger partial charge in [-0.25, -0.2) is 0 Å². The molecule has 0 bridgehead atoms. The molecule has 1 aliphatic rings. The van der Waals surface area contributed by atoms with Crippen molar-refractivity contribution < 1.29 is 9.84 Å². The number of nitrogens with one attached hydrogen (secondary N) is 2. The molecule has 1 aliphatic heterocycles. The Morgan fingerprint density at radius 2 is 2.12 bits per heavy atom. The fourth-order valence-corrected chi connectivity index (χ4v) is 2.99. The number of guanidine groups is 1. The van der Waals surface area contributed by atoms with Gasteiger partial charge in [0.25, 0.3) is 0 Å². The van der Waals surface area contributed by atoms with E-state index in [0.717, 1.165) is 36.7 Å². The number of benzene rings is 2. The second-order valence-electron chi connectivity index (χ2n) is 6.05. The summed E-state index contributed by atoms with van der Waals surface area (Å²) in [6.45, 7) is 4.23. The third kappa shape index (κ3) is 4.66. The molecule has 1 atom stereocenters. The lowest BCUT2D eigenvalue weighted by Crippen LogP contribution is -2.41. The number of nitrogens with zero attached hydrogens (tertiary/aromatic N) is 1. The molecule has 1 unspecified atom stereocenters. The van der Waals surface area contributed by atoms with Gasteiger partial charge in [0.2, 0.25) is 0 Å². The summed E-state index contributed by atoms with van der Waals surface area (Å²) >= 11 is 0. The van der Waals surface area contributed by atoms with Crippen molar-refractivity contribution in [1.29, 1.82) is 0 Å². The zero-order valence-electron chi connectivity index (χ0n) is 14.5. The Morgan fingerprint density at radius 3 is 2.96 bits per heavy atom. The van der Waals surface area contributed by atoms with E-state index in [1.807, 2.05) is 30.3 Å². The summed E-state index contributed by atoms with van der Waals surface area (Å²) in [5.74, 6) is 2.05. The lowest BCUT2D eigenvalue weighted by Gasteiger charge is -2.28. The molecular formula is C20H25N3O2. The first-order valence-electron chi connectivity index (χ1n) is 8.80. The lowest BCUT2D eigenvalue weighted by atomic mass is 10.0. The van der Waals surface area contributed by atoms with Crippen molar-refractivity contribution >= 4 is 5.96 Å². The minimum Gasteiger partial charge on any atom is -0.508 e. The molecule has 3 N–H and O–H groups in total. The molecule has 2 aromatic rings. The fourth-order valence-electron chi connectivity index (χ4n) is 2.99. The van der Waals surface area contributed by atoms with Crippen LogP contribution in [0.1, 0.15) is 30.5 Å². The maximum absolute atomic E-state index is 9.54. The minimum absolute atomic E-state index is 0.198. The maximum Gasteiger partial charge on any atom is 0.191 e. The number of phenols is 1. The molecule has 0 saturated carbocycles. The van der Waals surface area contributed by atoms with E-state index in [4.69, 9.17) is 4.74 Å². The summed E-state index contributed by atoms with van der Waals surface area (Å²) in [4.78, 5) is 4.68. The van der Waals surface area contributed by atoms with Gasteiger partial charge in [-0.1, -0.05) is 30.3 Å². The molecule has 5 heteroatoms. The quantitative estimate of drug-likeness (QED) is 0.579. The van der Waals surface area contributed by atoms with Crippen molar-refractivity contribution in [2.75, 3.05) is 19.7 Å². The van der Waals surface area contributed by atoms with Crippen molar-refractivity contribution in [3.63, 3.8) is 0 Å². The van der Waals surface area contributed by atoms with E-state index in [9.17, 15) is 5.11 Å². The monoisotopic (exact) mass is 339 g/mol. The van der Waals surface area contributed by atoms with Crippen LogP contribution in [0.3, 0.4) is 0 Å². The van der Waals surface area contributed by atoms with Gasteiger partial charge in [-0.2, -0.15) is 0 Å². The van der Waals surface area contributed by atoms with Crippen LogP contribution in [0.15, 0.2) is 53.5 Å². The van der Waals surface area contributed by atoms with E-state index in [-0.39, 0.29) is 6.04 Å². The summed E-state index contributed by atoms with van der Waals surface area (Å²) in [6.07, 6.45) is 1.70. The zero-order valence-corrected chi connectivity index (χ0v) is 14.5. The SMILES string of the molecule is CCNC(=NCCc1cccc(O)c1)NC1CCOc2ccccc21. The van der Waals surface area contributed by atoms with E-state index in [1.165, 1.54) is 5.56 Å². The Kier molecular flexibility index (Phi) is 5.77. The first-order chi connectivity index (χ1) is 12.3. The molecule has 0 aromatic heterocycles. The molecule has 5 nitrogen and oxygen atoms in total. The third-order valence-corrected chi connectivity index (χ3v) is 4.19. The van der Waals surface area contributed by atoms with Crippen molar-refractivity contribution in [1.82, 2.24) is 10.6 Å². The first-order valence-corrected chi connectivity index (χ1v) is 8.80. The van der Waals surface area contributed by atoms with Crippen molar-refractivity contribution in [3.8, 4) is 11.5 Å². The number of rotatable bonds is 5. The summed E-state index contributed by atoms with van der Waals surface area (Å²) < 4.78 is 5.72. The van der Waals surface area contributed by atoms with Gasteiger partial charge in [-0.15, -0.1) is 0 Å². The van der Waals surface area contributed by atoms with Crippen LogP contribution >= 0.6 is 0 Å². The topological polar surface area (TPSA) is 65.9 Å². The van der Waals surface area contributed by atoms with Crippen molar-refractivity contribution in [2.24, 2.45) is 4.99 Å². The molecule has 0 aliphatic carbocycles. The Bertz CT molecular complexity index is 730. The molecule has 0 amide bonds. The number of aliphatic imine (C=N–C) groups is 1. The smallest absolute Gasteiger partial charge is 0.191 e. The molecule has 2 aromatic carbocycles. The highest BCUT2D eigenvalue weighted by atomic mass is 16.5.